The number of aromatic nitrogens is 5. The highest BCUT2D eigenvalue weighted by Gasteiger charge is 2.40. The lowest BCUT2D eigenvalue weighted by molar-refractivity contribution is -0.136. The molecule has 278 valence electrons. The molecule has 1 atom stereocenters. The molecule has 3 aliphatic heterocycles. The second-order valence-corrected chi connectivity index (χ2v) is 14.9. The molecule has 0 bridgehead atoms. The molecule has 3 fully saturated rings. The van der Waals surface area contributed by atoms with Gasteiger partial charge in [0.2, 0.25) is 11.8 Å². The Kier molecular flexibility index (Phi) is 8.52. The van der Waals surface area contributed by atoms with Crippen molar-refractivity contribution in [2.24, 2.45) is 0 Å². The van der Waals surface area contributed by atoms with Gasteiger partial charge in [-0.15, -0.1) is 0 Å². The molecule has 4 amide bonds. The van der Waals surface area contributed by atoms with E-state index in [2.05, 4.69) is 25.6 Å². The minimum atomic E-state index is -0.617. The first kappa shape index (κ1) is 34.0. The second kappa shape index (κ2) is 13.5. The maximum Gasteiger partial charge on any atom is 0.261 e. The van der Waals surface area contributed by atoms with Gasteiger partial charge in [-0.2, -0.15) is 10.2 Å². The van der Waals surface area contributed by atoms with Crippen molar-refractivity contribution >= 4 is 51.6 Å². The van der Waals surface area contributed by atoms with Crippen molar-refractivity contribution < 1.29 is 28.7 Å². The van der Waals surface area contributed by atoms with Crippen molar-refractivity contribution in [2.45, 2.75) is 89.3 Å². The summed E-state index contributed by atoms with van der Waals surface area (Å²) < 4.78 is 16.3. The number of benzene rings is 2. The number of fused-ring (bicyclic) bond motifs is 3. The van der Waals surface area contributed by atoms with Crippen LogP contribution in [0.15, 0.2) is 61.2 Å². The van der Waals surface area contributed by atoms with Crippen LogP contribution in [0, 0.1) is 0 Å². The van der Waals surface area contributed by atoms with Crippen LogP contribution in [0.2, 0.25) is 0 Å². The Labute approximate surface area is 310 Å². The van der Waals surface area contributed by atoms with Crippen LogP contribution in [0.25, 0.3) is 16.6 Å². The molecule has 1 aliphatic carbocycles. The van der Waals surface area contributed by atoms with Crippen molar-refractivity contribution in [1.82, 2.24) is 34.6 Å². The van der Waals surface area contributed by atoms with Gasteiger partial charge in [0.05, 0.1) is 41.8 Å². The van der Waals surface area contributed by atoms with Gasteiger partial charge in [-0.3, -0.25) is 29.2 Å². The molecule has 2 aromatic carbocycles. The van der Waals surface area contributed by atoms with Crippen molar-refractivity contribution in [3.05, 3.63) is 77.9 Å². The number of rotatable bonds is 9. The van der Waals surface area contributed by atoms with E-state index in [0.29, 0.717) is 41.2 Å². The van der Waals surface area contributed by atoms with E-state index in [0.717, 1.165) is 60.9 Å². The lowest BCUT2D eigenvalue weighted by atomic mass is 9.92. The Hall–Kier alpha value is -5.83. The number of carbonyl (C=O) groups is 4. The molecule has 6 heterocycles. The van der Waals surface area contributed by atoms with Crippen LogP contribution in [0.3, 0.4) is 0 Å². The van der Waals surface area contributed by atoms with Crippen LogP contribution >= 0.6 is 0 Å². The molecule has 0 radical (unpaired) electrons. The van der Waals surface area contributed by atoms with E-state index >= 15 is 0 Å². The molecule has 15 heteroatoms. The molecular formula is C39H41N9O6. The first-order valence-corrected chi connectivity index (χ1v) is 18.6. The Balaban J connectivity index is 0.799. The fourth-order valence-corrected chi connectivity index (χ4v) is 8.10. The molecule has 2 saturated heterocycles. The quantitative estimate of drug-likeness (QED) is 0.209. The van der Waals surface area contributed by atoms with E-state index < -0.39 is 11.9 Å². The van der Waals surface area contributed by atoms with Crippen LogP contribution < -0.4 is 20.3 Å². The number of amides is 4. The largest absolute Gasteiger partial charge is 0.489 e. The standard InChI is InChI=1S/C39H41N9O6/c1-22(2)53-34-16-31-24(15-32(34)42-37(50)30-17-41-47-13-3-12-40-36(30)47)19-48(44-31)25-4-7-27(8-5-25)54-28-20-45(21-28)26-6-9-29-23(14-26)18-46(39(29)52)33-10-11-35(49)43-38(33)51/h3,6,9,12-17,19,22,25,27-28,33H,4-5,7-8,10-11,18,20-21H2,1-2H3,(H,42,50)(H,43,49,51). The van der Waals surface area contributed by atoms with Gasteiger partial charge in [-0.05, 0) is 81.8 Å². The summed E-state index contributed by atoms with van der Waals surface area (Å²) in [7, 11) is 0. The Morgan fingerprint density at radius 3 is 2.65 bits per heavy atom. The fourth-order valence-electron chi connectivity index (χ4n) is 8.10. The van der Waals surface area contributed by atoms with Gasteiger partial charge in [0.15, 0.2) is 5.65 Å². The number of imide groups is 1. The van der Waals surface area contributed by atoms with E-state index in [4.69, 9.17) is 14.6 Å². The predicted octanol–water partition coefficient (Wildman–Crippen LogP) is 4.27. The summed E-state index contributed by atoms with van der Waals surface area (Å²) in [6.45, 7) is 5.82. The summed E-state index contributed by atoms with van der Waals surface area (Å²) in [5.74, 6) is -0.619. The van der Waals surface area contributed by atoms with Crippen molar-refractivity contribution in [1.29, 1.82) is 0 Å². The van der Waals surface area contributed by atoms with Gasteiger partial charge in [-0.25, -0.2) is 9.50 Å². The first-order valence-electron chi connectivity index (χ1n) is 18.6. The van der Waals surface area contributed by atoms with Crippen LogP contribution in [-0.2, 0) is 20.9 Å². The normalized spacial score (nSPS) is 21.8. The highest BCUT2D eigenvalue weighted by Crippen LogP contribution is 2.37. The molecular weight excluding hydrogens is 690 g/mol. The Morgan fingerprint density at radius 1 is 1.02 bits per heavy atom. The van der Waals surface area contributed by atoms with Gasteiger partial charge in [-0.1, -0.05) is 0 Å². The lowest BCUT2D eigenvalue weighted by Crippen LogP contribution is -2.53. The molecule has 1 unspecified atom stereocenters. The Morgan fingerprint density at radius 2 is 1.85 bits per heavy atom. The number of ether oxygens (including phenoxy) is 2. The van der Waals surface area contributed by atoms with Gasteiger partial charge < -0.3 is 24.6 Å². The van der Waals surface area contributed by atoms with Crippen molar-refractivity contribution in [3.8, 4) is 5.75 Å². The van der Waals surface area contributed by atoms with Crippen LogP contribution in [0.4, 0.5) is 11.4 Å². The number of hydrogen-bond acceptors (Lipinski definition) is 10. The monoisotopic (exact) mass is 731 g/mol. The first-order chi connectivity index (χ1) is 26.2. The zero-order valence-corrected chi connectivity index (χ0v) is 30.1. The summed E-state index contributed by atoms with van der Waals surface area (Å²) in [6, 6.07) is 11.0. The van der Waals surface area contributed by atoms with Crippen LogP contribution in [0.5, 0.6) is 5.75 Å². The topological polar surface area (TPSA) is 165 Å². The van der Waals surface area contributed by atoms with E-state index in [9.17, 15) is 19.2 Å². The van der Waals surface area contributed by atoms with Crippen LogP contribution in [-0.4, -0.2) is 90.4 Å². The second-order valence-electron chi connectivity index (χ2n) is 14.9. The average molecular weight is 732 g/mol. The van der Waals surface area contributed by atoms with E-state index in [1.54, 1.807) is 27.9 Å². The third-order valence-corrected chi connectivity index (χ3v) is 10.9. The summed E-state index contributed by atoms with van der Waals surface area (Å²) >= 11 is 0. The van der Waals surface area contributed by atoms with E-state index in [1.807, 2.05) is 55.1 Å². The number of hydrogen-bond donors (Lipinski definition) is 2. The summed E-state index contributed by atoms with van der Waals surface area (Å²) in [6.07, 6.45) is 11.5. The van der Waals surface area contributed by atoms with E-state index in [-0.39, 0.29) is 48.5 Å². The third-order valence-electron chi connectivity index (χ3n) is 10.9. The number of piperidine rings is 1. The smallest absolute Gasteiger partial charge is 0.261 e. The molecule has 1 saturated carbocycles. The van der Waals surface area contributed by atoms with Crippen LogP contribution in [0.1, 0.15) is 84.7 Å². The van der Waals surface area contributed by atoms with Crippen molar-refractivity contribution in [3.63, 3.8) is 0 Å². The summed E-state index contributed by atoms with van der Waals surface area (Å²) in [5, 5.41) is 15.5. The molecule has 4 aliphatic rings. The highest BCUT2D eigenvalue weighted by molar-refractivity contribution is 6.09. The number of nitrogens with zero attached hydrogens (tertiary/aromatic N) is 7. The molecule has 5 aromatic rings. The molecule has 15 nitrogen and oxygen atoms in total. The highest BCUT2D eigenvalue weighted by atomic mass is 16.5. The average Bonchev–Trinajstić information content (AvgIpc) is 3.85. The fraction of sp³-hybridized carbons (Fsp3) is 0.410. The SMILES string of the molecule is CC(C)Oc1cc2nn(C3CCC(OC4CN(c5ccc6c(c5)CN(C5CCC(=O)NC5=O)C6=O)C4)CC3)cc2cc1NC(=O)c1cnn2cccnc12. The third kappa shape index (κ3) is 6.31. The van der Waals surface area contributed by atoms with Gasteiger partial charge in [0, 0.05) is 67.3 Å². The van der Waals surface area contributed by atoms with Crippen molar-refractivity contribution in [2.75, 3.05) is 23.3 Å². The number of nitrogens with one attached hydrogen (secondary N) is 2. The summed E-state index contributed by atoms with van der Waals surface area (Å²) in [5.41, 5.74) is 4.77. The molecule has 3 aromatic heterocycles. The molecule has 54 heavy (non-hydrogen) atoms. The molecule has 0 spiro atoms. The summed E-state index contributed by atoms with van der Waals surface area (Å²) in [4.78, 5) is 58.6. The minimum Gasteiger partial charge on any atom is -0.489 e. The van der Waals surface area contributed by atoms with Gasteiger partial charge in [0.1, 0.15) is 17.4 Å². The van der Waals surface area contributed by atoms with Gasteiger partial charge >= 0.3 is 0 Å². The zero-order valence-electron chi connectivity index (χ0n) is 30.1. The molecule has 2 N–H and O–H groups in total. The van der Waals surface area contributed by atoms with E-state index in [1.165, 1.54) is 6.20 Å². The minimum absolute atomic E-state index is 0.103. The maximum absolute atomic E-state index is 13.3. The molecule has 9 rings (SSSR count). The number of carbonyl (C=O) groups excluding carboxylic acids is 4. The number of anilines is 2. The maximum atomic E-state index is 13.3. The Bertz CT molecular complexity index is 2300. The van der Waals surface area contributed by atoms with Gasteiger partial charge in [0.25, 0.3) is 11.8 Å². The zero-order chi connectivity index (χ0) is 37.1. The lowest BCUT2D eigenvalue weighted by Gasteiger charge is -2.43. The predicted molar refractivity (Wildman–Crippen MR) is 197 cm³/mol.